The standard InChI is InChI=1S/C14H30N2OS2/c1-7-12-18-19-14(2,3)9-8-13(17)16(6)11-10-15(4)5/h7-12H2,1-6H3. The molecule has 0 saturated heterocycles. The molecule has 0 radical (unpaired) electrons. The zero-order valence-electron chi connectivity index (χ0n) is 13.4. The number of nitrogens with zero attached hydrogens (tertiary/aromatic N) is 2. The van der Waals surface area contributed by atoms with Crippen molar-refractivity contribution in [2.75, 3.05) is 40.0 Å². The highest BCUT2D eigenvalue weighted by molar-refractivity contribution is 8.77. The van der Waals surface area contributed by atoms with Gasteiger partial charge in [0.2, 0.25) is 5.91 Å². The Morgan fingerprint density at radius 3 is 2.32 bits per heavy atom. The van der Waals surface area contributed by atoms with Crippen LogP contribution in [0.5, 0.6) is 0 Å². The maximum atomic E-state index is 12.0. The Hall–Kier alpha value is 0.130. The second kappa shape index (κ2) is 9.94. The van der Waals surface area contributed by atoms with Gasteiger partial charge in [-0.3, -0.25) is 4.79 Å². The summed E-state index contributed by atoms with van der Waals surface area (Å²) >= 11 is 0. The lowest BCUT2D eigenvalue weighted by Crippen LogP contribution is -2.34. The van der Waals surface area contributed by atoms with Crippen LogP contribution >= 0.6 is 21.6 Å². The van der Waals surface area contributed by atoms with Crippen LogP contribution in [0.3, 0.4) is 0 Å². The largest absolute Gasteiger partial charge is 0.344 e. The van der Waals surface area contributed by atoms with E-state index in [2.05, 4.69) is 25.7 Å². The van der Waals surface area contributed by atoms with E-state index in [0.717, 1.165) is 19.5 Å². The van der Waals surface area contributed by atoms with Crippen LogP contribution in [0.2, 0.25) is 0 Å². The van der Waals surface area contributed by atoms with Crippen molar-refractivity contribution in [3.63, 3.8) is 0 Å². The molecule has 5 heteroatoms. The Kier molecular flexibility index (Phi) is 10.0. The molecule has 114 valence electrons. The Balaban J connectivity index is 3.92. The van der Waals surface area contributed by atoms with Gasteiger partial charge in [-0.1, -0.05) is 28.5 Å². The van der Waals surface area contributed by atoms with E-state index >= 15 is 0 Å². The van der Waals surface area contributed by atoms with Gasteiger partial charge in [0.15, 0.2) is 0 Å². The third-order valence-corrected chi connectivity index (χ3v) is 6.38. The summed E-state index contributed by atoms with van der Waals surface area (Å²) < 4.78 is 0.178. The number of likely N-dealkylation sites (N-methyl/N-ethyl adjacent to an activating group) is 2. The summed E-state index contributed by atoms with van der Waals surface area (Å²) in [6.07, 6.45) is 2.80. The first-order valence-corrected chi connectivity index (χ1v) is 9.29. The van der Waals surface area contributed by atoms with Gasteiger partial charge in [-0.25, -0.2) is 0 Å². The lowest BCUT2D eigenvalue weighted by atomic mass is 10.1. The fourth-order valence-electron chi connectivity index (χ4n) is 1.40. The van der Waals surface area contributed by atoms with Crippen LogP contribution < -0.4 is 0 Å². The first kappa shape index (κ1) is 19.1. The second-order valence-electron chi connectivity index (χ2n) is 5.78. The molecule has 3 nitrogen and oxygen atoms in total. The maximum Gasteiger partial charge on any atom is 0.222 e. The van der Waals surface area contributed by atoms with Gasteiger partial charge in [0, 0.05) is 37.1 Å². The van der Waals surface area contributed by atoms with E-state index in [9.17, 15) is 4.79 Å². The molecular formula is C14H30N2OS2. The van der Waals surface area contributed by atoms with Crippen LogP contribution in [0.15, 0.2) is 0 Å². The lowest BCUT2D eigenvalue weighted by molar-refractivity contribution is -0.130. The number of carbonyl (C=O) groups excluding carboxylic acids is 1. The van der Waals surface area contributed by atoms with Gasteiger partial charge in [-0.15, -0.1) is 0 Å². The van der Waals surface area contributed by atoms with Crippen molar-refractivity contribution in [2.45, 2.75) is 44.8 Å². The van der Waals surface area contributed by atoms with Gasteiger partial charge in [-0.05, 0) is 40.8 Å². The highest BCUT2D eigenvalue weighted by Crippen LogP contribution is 2.39. The molecule has 19 heavy (non-hydrogen) atoms. The Morgan fingerprint density at radius 2 is 1.79 bits per heavy atom. The molecule has 0 aromatic heterocycles. The summed E-state index contributed by atoms with van der Waals surface area (Å²) in [6, 6.07) is 0. The van der Waals surface area contributed by atoms with Crippen LogP contribution in [0.25, 0.3) is 0 Å². The van der Waals surface area contributed by atoms with E-state index in [1.54, 1.807) is 0 Å². The fourth-order valence-corrected chi connectivity index (χ4v) is 4.11. The van der Waals surface area contributed by atoms with Crippen molar-refractivity contribution in [2.24, 2.45) is 0 Å². The predicted octanol–water partition coefficient (Wildman–Crippen LogP) is 3.36. The van der Waals surface area contributed by atoms with E-state index in [4.69, 9.17) is 0 Å². The number of hydrogen-bond acceptors (Lipinski definition) is 4. The van der Waals surface area contributed by atoms with Crippen molar-refractivity contribution < 1.29 is 4.79 Å². The zero-order chi connectivity index (χ0) is 14.9. The highest BCUT2D eigenvalue weighted by atomic mass is 33.1. The quantitative estimate of drug-likeness (QED) is 0.456. The van der Waals surface area contributed by atoms with Crippen molar-refractivity contribution >= 4 is 27.5 Å². The van der Waals surface area contributed by atoms with Crippen molar-refractivity contribution in [1.29, 1.82) is 0 Å². The molecule has 0 spiro atoms. The van der Waals surface area contributed by atoms with E-state index in [1.165, 1.54) is 12.2 Å². The van der Waals surface area contributed by atoms with E-state index in [1.807, 2.05) is 47.6 Å². The fraction of sp³-hybridized carbons (Fsp3) is 0.929. The number of carbonyl (C=O) groups is 1. The molecule has 0 aliphatic heterocycles. The van der Waals surface area contributed by atoms with Gasteiger partial charge >= 0.3 is 0 Å². The van der Waals surface area contributed by atoms with E-state index in [-0.39, 0.29) is 10.7 Å². The summed E-state index contributed by atoms with van der Waals surface area (Å²) in [5.74, 6) is 1.45. The summed E-state index contributed by atoms with van der Waals surface area (Å²) in [5, 5.41) is 0. The Bertz CT molecular complexity index is 258. The van der Waals surface area contributed by atoms with Gasteiger partial charge in [0.1, 0.15) is 0 Å². The molecule has 0 fully saturated rings. The molecule has 0 aromatic rings. The molecule has 1 amide bonds. The van der Waals surface area contributed by atoms with Crippen LogP contribution in [0.1, 0.15) is 40.0 Å². The molecule has 0 aromatic carbocycles. The maximum absolute atomic E-state index is 12.0. The molecule has 0 bridgehead atoms. The summed E-state index contributed by atoms with van der Waals surface area (Å²) in [7, 11) is 9.79. The normalized spacial score (nSPS) is 11.9. The van der Waals surface area contributed by atoms with E-state index in [0.29, 0.717) is 6.42 Å². The second-order valence-corrected chi connectivity index (χ2v) is 8.91. The Morgan fingerprint density at radius 1 is 1.16 bits per heavy atom. The van der Waals surface area contributed by atoms with Gasteiger partial charge in [-0.2, -0.15) is 0 Å². The SMILES string of the molecule is CCCSSC(C)(C)CCC(=O)N(C)CCN(C)C. The molecule has 0 aliphatic rings. The summed E-state index contributed by atoms with van der Waals surface area (Å²) in [4.78, 5) is 16.0. The van der Waals surface area contributed by atoms with E-state index < -0.39 is 0 Å². The van der Waals surface area contributed by atoms with Gasteiger partial charge in [0.05, 0.1) is 0 Å². The number of rotatable bonds is 10. The third-order valence-electron chi connectivity index (χ3n) is 2.82. The third kappa shape index (κ3) is 10.6. The minimum absolute atomic E-state index is 0.178. The smallest absolute Gasteiger partial charge is 0.222 e. The predicted molar refractivity (Wildman–Crippen MR) is 89.8 cm³/mol. The van der Waals surface area contributed by atoms with Gasteiger partial charge < -0.3 is 9.80 Å². The average molecular weight is 307 g/mol. The lowest BCUT2D eigenvalue weighted by Gasteiger charge is -2.25. The first-order valence-electron chi connectivity index (χ1n) is 6.98. The summed E-state index contributed by atoms with van der Waals surface area (Å²) in [5.41, 5.74) is 0. The van der Waals surface area contributed by atoms with Crippen LogP contribution in [0.4, 0.5) is 0 Å². The minimum Gasteiger partial charge on any atom is -0.344 e. The molecule has 0 saturated carbocycles. The van der Waals surface area contributed by atoms with Gasteiger partial charge in [0.25, 0.3) is 0 Å². The first-order chi connectivity index (χ1) is 8.78. The average Bonchev–Trinajstić information content (AvgIpc) is 2.33. The van der Waals surface area contributed by atoms with Crippen molar-refractivity contribution in [1.82, 2.24) is 9.80 Å². The molecule has 0 rings (SSSR count). The van der Waals surface area contributed by atoms with Crippen LogP contribution in [-0.4, -0.2) is 60.4 Å². The number of hydrogen-bond donors (Lipinski definition) is 0. The molecule has 0 unspecified atom stereocenters. The topological polar surface area (TPSA) is 23.6 Å². The van der Waals surface area contributed by atoms with Crippen molar-refractivity contribution in [3.8, 4) is 0 Å². The van der Waals surface area contributed by atoms with Crippen LogP contribution in [-0.2, 0) is 4.79 Å². The molecule has 0 atom stereocenters. The van der Waals surface area contributed by atoms with Crippen LogP contribution in [0, 0.1) is 0 Å². The summed E-state index contributed by atoms with van der Waals surface area (Å²) in [6.45, 7) is 8.39. The monoisotopic (exact) mass is 306 g/mol. The number of amides is 1. The van der Waals surface area contributed by atoms with Crippen molar-refractivity contribution in [3.05, 3.63) is 0 Å². The highest BCUT2D eigenvalue weighted by Gasteiger charge is 2.21. The molecular weight excluding hydrogens is 276 g/mol. The molecule has 0 aliphatic carbocycles. The molecule has 0 N–H and O–H groups in total. The minimum atomic E-state index is 0.178. The molecule has 0 heterocycles. The zero-order valence-corrected chi connectivity index (χ0v) is 15.0. The Labute approximate surface area is 127 Å².